The van der Waals surface area contributed by atoms with Crippen molar-refractivity contribution in [2.24, 2.45) is 0 Å². The molecule has 1 aliphatic rings. The molecule has 134 valence electrons. The number of carboxylic acids is 1. The minimum atomic E-state index is -2.42. The molecule has 0 aliphatic carbocycles. The van der Waals surface area contributed by atoms with Crippen LogP contribution in [0, 0.1) is 10.1 Å². The molecule has 1 heterocycles. The summed E-state index contributed by atoms with van der Waals surface area (Å²) in [5.74, 6) is -2.55. The van der Waals surface area contributed by atoms with Crippen LogP contribution in [-0.4, -0.2) is 58.0 Å². The smallest absolute Gasteiger partial charge is 0.343 e. The van der Waals surface area contributed by atoms with Gasteiger partial charge in [0.2, 0.25) is 11.6 Å². The van der Waals surface area contributed by atoms with Crippen molar-refractivity contribution in [3.63, 3.8) is 0 Å². The fourth-order valence-corrected chi connectivity index (χ4v) is 2.44. The van der Waals surface area contributed by atoms with Gasteiger partial charge in [-0.25, -0.2) is 9.18 Å². The highest BCUT2D eigenvalue weighted by Gasteiger charge is 2.46. The van der Waals surface area contributed by atoms with Gasteiger partial charge >= 0.3 is 5.97 Å². The van der Waals surface area contributed by atoms with Crippen LogP contribution in [0.3, 0.4) is 0 Å². The molecule has 2 N–H and O–H groups in total. The first-order chi connectivity index (χ1) is 11.7. The zero-order chi connectivity index (χ0) is 18.6. The molecule has 0 saturated carbocycles. The van der Waals surface area contributed by atoms with Crippen molar-refractivity contribution in [2.45, 2.75) is 18.5 Å². The van der Waals surface area contributed by atoms with Gasteiger partial charge in [0.1, 0.15) is 0 Å². The molecule has 1 saturated heterocycles. The lowest BCUT2D eigenvalue weighted by Gasteiger charge is -2.17. The number of rotatable bonds is 6. The lowest BCUT2D eigenvalue weighted by molar-refractivity contribution is -0.384. The summed E-state index contributed by atoms with van der Waals surface area (Å²) in [7, 11) is 0. The number of carbonyl (C=O) groups is 3. The number of hydrogen-bond acceptors (Lipinski definition) is 5. The SMILES string of the molecule is O=C(NCCC(=O)N1CCC(F)(C(=O)O)C1)c1ccc([N+](=O)[O-])cc1. The highest BCUT2D eigenvalue weighted by atomic mass is 19.1. The van der Waals surface area contributed by atoms with Crippen LogP contribution in [-0.2, 0) is 9.59 Å². The van der Waals surface area contributed by atoms with Crippen LogP contribution >= 0.6 is 0 Å². The third kappa shape index (κ3) is 4.28. The maximum atomic E-state index is 13.9. The van der Waals surface area contributed by atoms with E-state index < -0.39 is 34.9 Å². The number of likely N-dealkylation sites (tertiary alicyclic amines) is 1. The Labute approximate surface area is 141 Å². The minimum Gasteiger partial charge on any atom is -0.479 e. The van der Waals surface area contributed by atoms with E-state index in [9.17, 15) is 28.9 Å². The van der Waals surface area contributed by atoms with Crippen molar-refractivity contribution in [1.82, 2.24) is 10.2 Å². The molecule has 0 bridgehead atoms. The number of aliphatic carboxylic acids is 1. The highest BCUT2D eigenvalue weighted by molar-refractivity contribution is 5.94. The summed E-state index contributed by atoms with van der Waals surface area (Å²) < 4.78 is 13.9. The van der Waals surface area contributed by atoms with Crippen molar-refractivity contribution < 1.29 is 28.8 Å². The number of nitro groups is 1. The fraction of sp³-hybridized carbons (Fsp3) is 0.400. The van der Waals surface area contributed by atoms with Crippen LogP contribution in [0.5, 0.6) is 0 Å². The van der Waals surface area contributed by atoms with Gasteiger partial charge in [0.25, 0.3) is 11.6 Å². The summed E-state index contributed by atoms with van der Waals surface area (Å²) in [4.78, 5) is 45.7. The van der Waals surface area contributed by atoms with Gasteiger partial charge in [-0.05, 0) is 12.1 Å². The number of carbonyl (C=O) groups excluding carboxylic acids is 2. The van der Waals surface area contributed by atoms with Gasteiger partial charge in [-0.15, -0.1) is 0 Å². The van der Waals surface area contributed by atoms with Gasteiger partial charge in [0.05, 0.1) is 11.5 Å². The van der Waals surface area contributed by atoms with Gasteiger partial charge in [-0.3, -0.25) is 19.7 Å². The minimum absolute atomic E-state index is 0.0118. The lowest BCUT2D eigenvalue weighted by Crippen LogP contribution is -2.39. The van der Waals surface area contributed by atoms with Crippen LogP contribution in [0.2, 0.25) is 0 Å². The molecule has 10 heteroatoms. The second-order valence-electron chi connectivity index (χ2n) is 5.65. The van der Waals surface area contributed by atoms with Gasteiger partial charge < -0.3 is 15.3 Å². The third-order valence-corrected chi connectivity index (χ3v) is 3.92. The molecule has 2 amide bonds. The molecule has 1 unspecified atom stereocenters. The number of nitrogens with one attached hydrogen (secondary N) is 1. The quantitative estimate of drug-likeness (QED) is 0.573. The van der Waals surface area contributed by atoms with E-state index in [1.54, 1.807) is 0 Å². The highest BCUT2D eigenvalue weighted by Crippen LogP contribution is 2.26. The summed E-state index contributed by atoms with van der Waals surface area (Å²) in [5, 5.41) is 21.8. The van der Waals surface area contributed by atoms with E-state index in [0.29, 0.717) is 0 Å². The molecule has 1 aromatic carbocycles. The first-order valence-corrected chi connectivity index (χ1v) is 7.46. The number of nitrogens with zero attached hydrogens (tertiary/aromatic N) is 2. The number of carboxylic acid groups (broad SMARTS) is 1. The summed E-state index contributed by atoms with van der Waals surface area (Å²) in [6, 6.07) is 4.97. The Morgan fingerprint density at radius 1 is 1.32 bits per heavy atom. The van der Waals surface area contributed by atoms with Crippen LogP contribution in [0.4, 0.5) is 10.1 Å². The standard InChI is InChI=1S/C15H16FN3O6/c16-15(14(22)23)6-8-18(9-15)12(20)5-7-17-13(21)10-1-3-11(4-2-10)19(24)25/h1-4H,5-9H2,(H,17,21)(H,22,23). The topological polar surface area (TPSA) is 130 Å². The molecule has 1 fully saturated rings. The lowest BCUT2D eigenvalue weighted by atomic mass is 10.1. The third-order valence-electron chi connectivity index (χ3n) is 3.92. The first kappa shape index (κ1) is 18.3. The summed E-state index contributed by atoms with van der Waals surface area (Å²) in [6.07, 6.45) is -0.363. The van der Waals surface area contributed by atoms with E-state index >= 15 is 0 Å². The molecule has 1 aliphatic heterocycles. The number of hydrogen-bond donors (Lipinski definition) is 2. The summed E-state index contributed by atoms with van der Waals surface area (Å²) in [5.41, 5.74) is -2.36. The predicted octanol–water partition coefficient (Wildman–Crippen LogP) is 0.740. The van der Waals surface area contributed by atoms with E-state index in [0.717, 1.165) is 4.90 Å². The maximum absolute atomic E-state index is 13.9. The number of alkyl halides is 1. The van der Waals surface area contributed by atoms with E-state index in [1.807, 2.05) is 0 Å². The van der Waals surface area contributed by atoms with E-state index in [1.165, 1.54) is 24.3 Å². The molecule has 25 heavy (non-hydrogen) atoms. The molecule has 1 aromatic rings. The fourth-order valence-electron chi connectivity index (χ4n) is 2.44. The average molecular weight is 353 g/mol. The Hall–Kier alpha value is -3.04. The van der Waals surface area contributed by atoms with Gasteiger partial charge in [0.15, 0.2) is 0 Å². The Bertz CT molecular complexity index is 708. The second kappa shape index (κ2) is 7.24. The number of non-ortho nitro benzene ring substituents is 1. The Morgan fingerprint density at radius 3 is 2.48 bits per heavy atom. The largest absolute Gasteiger partial charge is 0.479 e. The molecule has 9 nitrogen and oxygen atoms in total. The van der Waals surface area contributed by atoms with E-state index in [4.69, 9.17) is 5.11 Å². The molecule has 0 radical (unpaired) electrons. The molecule has 1 atom stereocenters. The van der Waals surface area contributed by atoms with Crippen LogP contribution in [0.1, 0.15) is 23.2 Å². The molecular formula is C15H16FN3O6. The van der Waals surface area contributed by atoms with Crippen molar-refractivity contribution in [2.75, 3.05) is 19.6 Å². The van der Waals surface area contributed by atoms with Crippen molar-refractivity contribution in [3.8, 4) is 0 Å². The first-order valence-electron chi connectivity index (χ1n) is 7.46. The number of amides is 2. The zero-order valence-electron chi connectivity index (χ0n) is 13.1. The molecule has 0 spiro atoms. The van der Waals surface area contributed by atoms with E-state index in [2.05, 4.69) is 5.32 Å². The Kier molecular flexibility index (Phi) is 5.30. The monoisotopic (exact) mass is 353 g/mol. The van der Waals surface area contributed by atoms with Gasteiger partial charge in [0, 0.05) is 43.6 Å². The average Bonchev–Trinajstić information content (AvgIpc) is 2.98. The summed E-state index contributed by atoms with van der Waals surface area (Å²) >= 11 is 0. The second-order valence-corrected chi connectivity index (χ2v) is 5.65. The van der Waals surface area contributed by atoms with E-state index in [-0.39, 0.29) is 37.2 Å². The Balaban J connectivity index is 1.80. The van der Waals surface area contributed by atoms with Crippen molar-refractivity contribution >= 4 is 23.5 Å². The van der Waals surface area contributed by atoms with Crippen molar-refractivity contribution in [3.05, 3.63) is 39.9 Å². The Morgan fingerprint density at radius 2 is 1.96 bits per heavy atom. The summed E-state index contributed by atoms with van der Waals surface area (Å²) in [6.45, 7) is -0.507. The molecular weight excluding hydrogens is 337 g/mol. The van der Waals surface area contributed by atoms with Crippen LogP contribution in [0.25, 0.3) is 0 Å². The molecule has 0 aromatic heterocycles. The number of halogens is 1. The van der Waals surface area contributed by atoms with Gasteiger partial charge in [-0.1, -0.05) is 0 Å². The van der Waals surface area contributed by atoms with Crippen LogP contribution < -0.4 is 5.32 Å². The maximum Gasteiger partial charge on any atom is 0.343 e. The predicted molar refractivity (Wildman–Crippen MR) is 82.7 cm³/mol. The number of benzene rings is 1. The number of nitro benzene ring substituents is 1. The zero-order valence-corrected chi connectivity index (χ0v) is 13.1. The van der Waals surface area contributed by atoms with Crippen molar-refractivity contribution in [1.29, 1.82) is 0 Å². The molecule has 2 rings (SSSR count). The normalized spacial score (nSPS) is 19.5. The van der Waals surface area contributed by atoms with Gasteiger partial charge in [-0.2, -0.15) is 0 Å². The van der Waals surface area contributed by atoms with Crippen LogP contribution in [0.15, 0.2) is 24.3 Å².